The number of thiophene rings is 1. The molecule has 0 fully saturated rings. The van der Waals surface area contributed by atoms with Crippen molar-refractivity contribution in [3.8, 4) is 0 Å². The molecule has 24 heavy (non-hydrogen) atoms. The van der Waals surface area contributed by atoms with Crippen LogP contribution in [0.25, 0.3) is 20.3 Å². The molecular weight excluding hydrogens is 346 g/mol. The largest absolute Gasteiger partial charge is 0.297 e. The molecule has 0 aliphatic rings. The number of nitro groups is 1. The summed E-state index contributed by atoms with van der Waals surface area (Å²) in [4.78, 5) is 27.7. The normalized spacial score (nSPS) is 11.0. The van der Waals surface area contributed by atoms with Crippen molar-refractivity contribution < 1.29 is 9.72 Å². The topological polar surface area (TPSA) is 85.1 Å². The first-order valence-corrected chi connectivity index (χ1v) is 8.58. The number of nitrogens with one attached hydrogen (secondary N) is 1. The predicted molar refractivity (Wildman–Crippen MR) is 96.1 cm³/mol. The molecule has 6 nitrogen and oxygen atoms in total. The van der Waals surface area contributed by atoms with E-state index in [9.17, 15) is 14.9 Å². The molecule has 2 heterocycles. The third-order valence-corrected chi connectivity index (χ3v) is 5.52. The molecule has 0 aliphatic carbocycles. The van der Waals surface area contributed by atoms with Gasteiger partial charge in [0.2, 0.25) is 0 Å². The van der Waals surface area contributed by atoms with Crippen LogP contribution in [0.4, 0.5) is 10.8 Å². The molecular formula is C16H9N3O3S2. The molecule has 8 heteroatoms. The van der Waals surface area contributed by atoms with Crippen LogP contribution in [0, 0.1) is 10.1 Å². The predicted octanol–water partition coefficient (Wildman–Crippen LogP) is 4.67. The first-order chi connectivity index (χ1) is 11.6. The van der Waals surface area contributed by atoms with Gasteiger partial charge in [-0.2, -0.15) is 0 Å². The van der Waals surface area contributed by atoms with Crippen molar-refractivity contribution in [2.45, 2.75) is 0 Å². The highest BCUT2D eigenvalue weighted by Crippen LogP contribution is 2.30. The van der Waals surface area contributed by atoms with Gasteiger partial charge in [0.05, 0.1) is 20.0 Å². The van der Waals surface area contributed by atoms with Gasteiger partial charge in [-0.25, -0.2) is 4.98 Å². The average molecular weight is 355 g/mol. The zero-order valence-electron chi connectivity index (χ0n) is 12.1. The summed E-state index contributed by atoms with van der Waals surface area (Å²) in [6.45, 7) is 0. The van der Waals surface area contributed by atoms with Gasteiger partial charge in [0.1, 0.15) is 0 Å². The fraction of sp³-hybridized carbons (Fsp3) is 0. The van der Waals surface area contributed by atoms with E-state index in [1.807, 2.05) is 24.3 Å². The van der Waals surface area contributed by atoms with Crippen molar-refractivity contribution in [1.82, 2.24) is 4.98 Å². The molecule has 0 unspecified atom stereocenters. The number of thiazole rings is 1. The highest BCUT2D eigenvalue weighted by Gasteiger charge is 2.15. The second-order valence-electron chi connectivity index (χ2n) is 5.03. The second-order valence-corrected chi connectivity index (χ2v) is 7.15. The average Bonchev–Trinajstić information content (AvgIpc) is 3.16. The van der Waals surface area contributed by atoms with E-state index in [-0.39, 0.29) is 11.6 Å². The van der Waals surface area contributed by atoms with E-state index >= 15 is 0 Å². The van der Waals surface area contributed by atoms with Gasteiger partial charge < -0.3 is 0 Å². The van der Waals surface area contributed by atoms with Crippen LogP contribution in [-0.2, 0) is 0 Å². The summed E-state index contributed by atoms with van der Waals surface area (Å²) in [5.74, 6) is -0.266. The monoisotopic (exact) mass is 355 g/mol. The lowest BCUT2D eigenvalue weighted by Gasteiger charge is -1.96. The zero-order chi connectivity index (χ0) is 16.7. The minimum atomic E-state index is -0.446. The van der Waals surface area contributed by atoms with Gasteiger partial charge in [-0.05, 0) is 24.3 Å². The molecule has 0 atom stereocenters. The van der Waals surface area contributed by atoms with Gasteiger partial charge in [-0.3, -0.25) is 20.2 Å². The van der Waals surface area contributed by atoms with E-state index < -0.39 is 4.92 Å². The summed E-state index contributed by atoms with van der Waals surface area (Å²) in [6, 6.07) is 13.9. The molecule has 0 saturated carbocycles. The maximum atomic E-state index is 12.4. The molecule has 0 radical (unpaired) electrons. The van der Waals surface area contributed by atoms with Crippen LogP contribution in [-0.4, -0.2) is 15.8 Å². The Hall–Kier alpha value is -2.84. The van der Waals surface area contributed by atoms with E-state index in [1.54, 1.807) is 12.1 Å². The molecule has 2 aromatic carbocycles. The van der Waals surface area contributed by atoms with Gasteiger partial charge >= 0.3 is 0 Å². The Labute approximate surface area is 143 Å². The van der Waals surface area contributed by atoms with E-state index in [0.717, 1.165) is 14.9 Å². The van der Waals surface area contributed by atoms with Crippen LogP contribution in [0.2, 0.25) is 0 Å². The number of carbonyl (C=O) groups is 1. The van der Waals surface area contributed by atoms with Crippen LogP contribution in [0.15, 0.2) is 48.5 Å². The summed E-state index contributed by atoms with van der Waals surface area (Å²) in [7, 11) is 0. The van der Waals surface area contributed by atoms with Crippen molar-refractivity contribution in [3.63, 3.8) is 0 Å². The molecule has 1 N–H and O–H groups in total. The number of fused-ring (bicyclic) bond motifs is 2. The van der Waals surface area contributed by atoms with Gasteiger partial charge in [0.15, 0.2) is 5.13 Å². The van der Waals surface area contributed by atoms with Gasteiger partial charge in [0.25, 0.3) is 11.6 Å². The Morgan fingerprint density at radius 2 is 1.92 bits per heavy atom. The third-order valence-electron chi connectivity index (χ3n) is 3.45. The number of carbonyl (C=O) groups excluding carboxylic acids is 1. The number of nitrogens with zero attached hydrogens (tertiary/aromatic N) is 2. The van der Waals surface area contributed by atoms with Gasteiger partial charge in [0, 0.05) is 22.2 Å². The smallest absolute Gasteiger partial charge is 0.270 e. The van der Waals surface area contributed by atoms with E-state index in [0.29, 0.717) is 15.4 Å². The van der Waals surface area contributed by atoms with Crippen molar-refractivity contribution in [3.05, 3.63) is 63.5 Å². The number of para-hydroxylation sites is 1. The molecule has 4 rings (SSSR count). The Kier molecular flexibility index (Phi) is 3.47. The van der Waals surface area contributed by atoms with Crippen LogP contribution in [0.3, 0.4) is 0 Å². The fourth-order valence-electron chi connectivity index (χ4n) is 2.34. The molecule has 0 spiro atoms. The van der Waals surface area contributed by atoms with Gasteiger partial charge in [-0.15, -0.1) is 11.3 Å². The van der Waals surface area contributed by atoms with E-state index in [2.05, 4.69) is 10.3 Å². The number of anilines is 1. The summed E-state index contributed by atoms with van der Waals surface area (Å²) in [6.07, 6.45) is 0. The molecule has 0 bridgehead atoms. The Morgan fingerprint density at radius 3 is 2.71 bits per heavy atom. The number of hydrogen-bond acceptors (Lipinski definition) is 6. The summed E-state index contributed by atoms with van der Waals surface area (Å²) >= 11 is 2.70. The number of non-ortho nitro benzene ring substituents is 1. The number of nitro benzene ring substituents is 1. The van der Waals surface area contributed by atoms with Crippen molar-refractivity contribution in [1.29, 1.82) is 0 Å². The maximum Gasteiger partial charge on any atom is 0.270 e. The Morgan fingerprint density at radius 1 is 1.08 bits per heavy atom. The summed E-state index contributed by atoms with van der Waals surface area (Å²) in [5, 5.41) is 14.8. The minimum Gasteiger partial charge on any atom is -0.297 e. The first kappa shape index (κ1) is 14.7. The van der Waals surface area contributed by atoms with Crippen molar-refractivity contribution >= 4 is 59.7 Å². The highest BCUT2D eigenvalue weighted by atomic mass is 32.1. The number of aromatic nitrogens is 1. The quantitative estimate of drug-likeness (QED) is 0.427. The minimum absolute atomic E-state index is 0.0124. The lowest BCUT2D eigenvalue weighted by atomic mass is 10.2. The number of hydrogen-bond donors (Lipinski definition) is 1. The Balaban J connectivity index is 1.63. The lowest BCUT2D eigenvalue weighted by molar-refractivity contribution is -0.384. The van der Waals surface area contributed by atoms with Crippen molar-refractivity contribution in [2.24, 2.45) is 0 Å². The maximum absolute atomic E-state index is 12.4. The molecule has 118 valence electrons. The van der Waals surface area contributed by atoms with Crippen LogP contribution in [0.5, 0.6) is 0 Å². The lowest BCUT2D eigenvalue weighted by Crippen LogP contribution is -2.09. The van der Waals surface area contributed by atoms with E-state index in [1.165, 1.54) is 34.8 Å². The number of rotatable bonds is 3. The summed E-state index contributed by atoms with van der Waals surface area (Å²) < 4.78 is 1.83. The molecule has 4 aromatic rings. The number of benzene rings is 2. The molecule has 2 aromatic heterocycles. The van der Waals surface area contributed by atoms with Crippen LogP contribution >= 0.6 is 22.7 Å². The molecule has 1 amide bonds. The highest BCUT2D eigenvalue weighted by molar-refractivity contribution is 7.23. The standard InChI is InChI=1S/C16H9N3O3S2/c20-15(18-16-17-11-3-1-2-4-13(11)24-16)14-8-9-7-10(19(21)22)5-6-12(9)23-14/h1-8H,(H,17,18,20). The SMILES string of the molecule is O=C(Nc1nc2ccccc2s1)c1cc2cc([N+](=O)[O-])ccc2s1. The molecule has 0 saturated heterocycles. The summed E-state index contributed by atoms with van der Waals surface area (Å²) in [5.41, 5.74) is 0.850. The van der Waals surface area contributed by atoms with Crippen molar-refractivity contribution in [2.75, 3.05) is 5.32 Å². The van der Waals surface area contributed by atoms with Crippen LogP contribution in [0.1, 0.15) is 9.67 Å². The third kappa shape index (κ3) is 2.61. The second kappa shape index (κ2) is 5.66. The zero-order valence-corrected chi connectivity index (χ0v) is 13.7. The molecule has 0 aliphatic heterocycles. The van der Waals surface area contributed by atoms with Gasteiger partial charge in [-0.1, -0.05) is 23.5 Å². The number of amides is 1. The van der Waals surface area contributed by atoms with E-state index in [4.69, 9.17) is 0 Å². The Bertz CT molecular complexity index is 1070. The fourth-order valence-corrected chi connectivity index (χ4v) is 4.14. The first-order valence-electron chi connectivity index (χ1n) is 6.95. The van der Waals surface area contributed by atoms with Crippen LogP contribution < -0.4 is 5.32 Å².